The molecule has 0 atom stereocenters. The fraction of sp³-hybridized carbons (Fsp3) is 0.360. The molecule has 4 rings (SSSR count). The summed E-state index contributed by atoms with van der Waals surface area (Å²) in [5.74, 6) is 2.13. The average Bonchev–Trinajstić information content (AvgIpc) is 2.84. The maximum Gasteiger partial charge on any atom is 0.255 e. The summed E-state index contributed by atoms with van der Waals surface area (Å²) in [4.78, 5) is 28.6. The monoisotopic (exact) mass is 430 g/mol. The molecule has 1 amide bonds. The second-order valence-electron chi connectivity index (χ2n) is 8.28. The molecule has 1 saturated heterocycles. The lowest BCUT2D eigenvalue weighted by Gasteiger charge is -2.31. The Morgan fingerprint density at radius 1 is 1.09 bits per heavy atom. The molecule has 4 heterocycles. The first-order valence-corrected chi connectivity index (χ1v) is 11.3. The van der Waals surface area contributed by atoms with Crippen LogP contribution >= 0.6 is 0 Å². The van der Waals surface area contributed by atoms with Crippen LogP contribution in [0.4, 0.5) is 11.6 Å². The highest BCUT2D eigenvalue weighted by atomic mass is 16.1. The van der Waals surface area contributed by atoms with E-state index in [1.807, 2.05) is 42.5 Å². The van der Waals surface area contributed by atoms with E-state index in [4.69, 9.17) is 4.98 Å². The van der Waals surface area contributed by atoms with Gasteiger partial charge in [0, 0.05) is 56.9 Å². The van der Waals surface area contributed by atoms with Crippen LogP contribution in [0, 0.1) is 5.92 Å². The summed E-state index contributed by atoms with van der Waals surface area (Å²) in [7, 11) is 0. The number of pyridine rings is 3. The van der Waals surface area contributed by atoms with Gasteiger partial charge in [0.2, 0.25) is 0 Å². The fourth-order valence-electron chi connectivity index (χ4n) is 3.82. The van der Waals surface area contributed by atoms with Crippen LogP contribution in [0.5, 0.6) is 0 Å². The third-order valence-electron chi connectivity index (χ3n) is 5.81. The van der Waals surface area contributed by atoms with Crippen molar-refractivity contribution in [3.05, 3.63) is 77.9 Å². The number of nitrogens with zero attached hydrogens (tertiary/aromatic N) is 4. The molecule has 0 bridgehead atoms. The van der Waals surface area contributed by atoms with E-state index in [0.717, 1.165) is 55.3 Å². The van der Waals surface area contributed by atoms with Gasteiger partial charge in [-0.15, -0.1) is 0 Å². The Morgan fingerprint density at radius 3 is 2.72 bits per heavy atom. The molecular weight excluding hydrogens is 400 g/mol. The Labute approximate surface area is 189 Å². The van der Waals surface area contributed by atoms with Crippen LogP contribution in [0.2, 0.25) is 0 Å². The second-order valence-corrected chi connectivity index (χ2v) is 8.28. The van der Waals surface area contributed by atoms with E-state index in [-0.39, 0.29) is 5.91 Å². The molecular formula is C25H30N6O. The van der Waals surface area contributed by atoms with E-state index in [2.05, 4.69) is 32.4 Å². The summed E-state index contributed by atoms with van der Waals surface area (Å²) in [6.07, 6.45) is 8.35. The van der Waals surface area contributed by atoms with Gasteiger partial charge in [0.05, 0.1) is 5.56 Å². The standard InChI is InChI=1S/C25H30N6O/c1-19-10-15-31(16-11-19)23-8-7-22(25(32)29-18-20-5-4-12-26-17-20)24(30-23)28-14-9-21-6-2-3-13-27-21/h2-8,12-13,17,19H,9-11,14-16,18H2,1H3,(H,28,30)(H,29,32). The predicted octanol–water partition coefficient (Wildman–Crippen LogP) is 3.69. The summed E-state index contributed by atoms with van der Waals surface area (Å²) in [5, 5.41) is 6.36. The van der Waals surface area contributed by atoms with E-state index < -0.39 is 0 Å². The molecule has 0 unspecified atom stereocenters. The molecule has 1 aliphatic rings. The lowest BCUT2D eigenvalue weighted by molar-refractivity contribution is 0.0951. The maximum absolute atomic E-state index is 13.0. The van der Waals surface area contributed by atoms with Gasteiger partial charge in [-0.05, 0) is 54.7 Å². The number of aromatic nitrogens is 3. The smallest absolute Gasteiger partial charge is 0.255 e. The summed E-state index contributed by atoms with van der Waals surface area (Å²) >= 11 is 0. The number of amides is 1. The minimum Gasteiger partial charge on any atom is -0.369 e. The molecule has 0 aromatic carbocycles. The van der Waals surface area contributed by atoms with Crippen LogP contribution in [0.1, 0.15) is 41.4 Å². The third kappa shape index (κ3) is 5.81. The van der Waals surface area contributed by atoms with Crippen molar-refractivity contribution in [3.63, 3.8) is 0 Å². The highest BCUT2D eigenvalue weighted by Gasteiger charge is 2.20. The van der Waals surface area contributed by atoms with Crippen molar-refractivity contribution in [1.82, 2.24) is 20.3 Å². The number of hydrogen-bond donors (Lipinski definition) is 2. The number of carbonyl (C=O) groups excluding carboxylic acids is 1. The largest absolute Gasteiger partial charge is 0.369 e. The van der Waals surface area contributed by atoms with Gasteiger partial charge < -0.3 is 15.5 Å². The highest BCUT2D eigenvalue weighted by molar-refractivity contribution is 5.99. The Hall–Kier alpha value is -3.48. The zero-order valence-electron chi connectivity index (χ0n) is 18.5. The first-order valence-electron chi connectivity index (χ1n) is 11.3. The molecule has 0 aliphatic carbocycles. The van der Waals surface area contributed by atoms with E-state index >= 15 is 0 Å². The molecule has 0 spiro atoms. The minimum atomic E-state index is -0.152. The minimum absolute atomic E-state index is 0.152. The summed E-state index contributed by atoms with van der Waals surface area (Å²) in [6, 6.07) is 13.5. The van der Waals surface area contributed by atoms with Crippen LogP contribution in [0.25, 0.3) is 0 Å². The highest BCUT2D eigenvalue weighted by Crippen LogP contribution is 2.24. The molecule has 0 radical (unpaired) electrons. The Morgan fingerprint density at radius 2 is 1.97 bits per heavy atom. The number of piperidine rings is 1. The topological polar surface area (TPSA) is 83.0 Å². The molecule has 7 heteroatoms. The van der Waals surface area contributed by atoms with Crippen molar-refractivity contribution in [1.29, 1.82) is 0 Å². The quantitative estimate of drug-likeness (QED) is 0.567. The van der Waals surface area contributed by atoms with Gasteiger partial charge in [-0.1, -0.05) is 19.1 Å². The van der Waals surface area contributed by atoms with Gasteiger partial charge >= 0.3 is 0 Å². The summed E-state index contributed by atoms with van der Waals surface area (Å²) in [6.45, 7) is 5.35. The van der Waals surface area contributed by atoms with Crippen molar-refractivity contribution in [3.8, 4) is 0 Å². The Bertz CT molecular complexity index is 1000. The first-order chi connectivity index (χ1) is 15.7. The van der Waals surface area contributed by atoms with Gasteiger partial charge in [0.1, 0.15) is 11.6 Å². The van der Waals surface area contributed by atoms with E-state index in [9.17, 15) is 4.79 Å². The number of nitrogens with one attached hydrogen (secondary N) is 2. The number of hydrogen-bond acceptors (Lipinski definition) is 6. The predicted molar refractivity (Wildman–Crippen MR) is 127 cm³/mol. The molecule has 3 aromatic rings. The first kappa shape index (κ1) is 21.7. The van der Waals surface area contributed by atoms with Gasteiger partial charge in [0.25, 0.3) is 5.91 Å². The number of rotatable bonds is 8. The Balaban J connectivity index is 1.48. The maximum atomic E-state index is 13.0. The molecule has 166 valence electrons. The van der Waals surface area contributed by atoms with E-state index in [1.165, 1.54) is 0 Å². The van der Waals surface area contributed by atoms with Gasteiger partial charge in [-0.3, -0.25) is 14.8 Å². The van der Waals surface area contributed by atoms with Crippen LogP contribution < -0.4 is 15.5 Å². The van der Waals surface area contributed by atoms with Crippen molar-refractivity contribution in [2.45, 2.75) is 32.7 Å². The van der Waals surface area contributed by atoms with E-state index in [0.29, 0.717) is 24.5 Å². The van der Waals surface area contributed by atoms with Crippen LogP contribution in [-0.4, -0.2) is 40.5 Å². The average molecular weight is 431 g/mol. The van der Waals surface area contributed by atoms with Gasteiger partial charge in [0.15, 0.2) is 0 Å². The summed E-state index contributed by atoms with van der Waals surface area (Å²) < 4.78 is 0. The molecule has 3 aromatic heterocycles. The normalized spacial score (nSPS) is 14.2. The SMILES string of the molecule is CC1CCN(c2ccc(C(=O)NCc3cccnc3)c(NCCc3ccccn3)n2)CC1. The molecule has 32 heavy (non-hydrogen) atoms. The molecule has 1 fully saturated rings. The fourth-order valence-corrected chi connectivity index (χ4v) is 3.82. The number of carbonyl (C=O) groups is 1. The molecule has 0 saturated carbocycles. The lowest BCUT2D eigenvalue weighted by atomic mass is 9.99. The zero-order chi connectivity index (χ0) is 22.2. The van der Waals surface area contributed by atoms with E-state index in [1.54, 1.807) is 18.6 Å². The van der Waals surface area contributed by atoms with Crippen LogP contribution in [-0.2, 0) is 13.0 Å². The van der Waals surface area contributed by atoms with Crippen molar-refractivity contribution in [2.75, 3.05) is 29.9 Å². The second kappa shape index (κ2) is 10.7. The third-order valence-corrected chi connectivity index (χ3v) is 5.81. The summed E-state index contributed by atoms with van der Waals surface area (Å²) in [5.41, 5.74) is 2.50. The molecule has 2 N–H and O–H groups in total. The van der Waals surface area contributed by atoms with Crippen LogP contribution in [0.15, 0.2) is 61.1 Å². The number of anilines is 2. The molecule has 7 nitrogen and oxygen atoms in total. The van der Waals surface area contributed by atoms with Crippen molar-refractivity contribution < 1.29 is 4.79 Å². The Kier molecular flexibility index (Phi) is 7.27. The van der Waals surface area contributed by atoms with Crippen LogP contribution in [0.3, 0.4) is 0 Å². The lowest BCUT2D eigenvalue weighted by Crippen LogP contribution is -2.33. The van der Waals surface area contributed by atoms with Crippen molar-refractivity contribution >= 4 is 17.5 Å². The zero-order valence-corrected chi connectivity index (χ0v) is 18.5. The molecule has 1 aliphatic heterocycles. The van der Waals surface area contributed by atoms with Crippen molar-refractivity contribution in [2.24, 2.45) is 5.92 Å². The van der Waals surface area contributed by atoms with Gasteiger partial charge in [-0.2, -0.15) is 0 Å². The van der Waals surface area contributed by atoms with Gasteiger partial charge in [-0.25, -0.2) is 4.98 Å².